The van der Waals surface area contributed by atoms with Crippen LogP contribution >= 0.6 is 15.9 Å². The van der Waals surface area contributed by atoms with Crippen LogP contribution in [0.1, 0.15) is 17.3 Å². The molecule has 0 spiro atoms. The van der Waals surface area contributed by atoms with Gasteiger partial charge in [-0.3, -0.25) is 15.8 Å². The Bertz CT molecular complexity index is 521. The van der Waals surface area contributed by atoms with E-state index in [-0.39, 0.29) is 6.04 Å². The molecular formula is C12H13BrN4O. The lowest BCUT2D eigenvalue weighted by molar-refractivity contribution is 0.403. The number of nitrogens with zero attached hydrogens (tertiary/aromatic N) is 2. The second-order valence-corrected chi connectivity index (χ2v) is 4.53. The Hall–Kier alpha value is -1.50. The minimum atomic E-state index is -0.262. The molecule has 0 fully saturated rings. The highest BCUT2D eigenvalue weighted by atomic mass is 79.9. The van der Waals surface area contributed by atoms with Crippen molar-refractivity contribution < 1.29 is 4.74 Å². The molecule has 0 saturated carbocycles. The van der Waals surface area contributed by atoms with Crippen molar-refractivity contribution in [3.8, 4) is 5.75 Å². The van der Waals surface area contributed by atoms with Crippen molar-refractivity contribution in [1.82, 2.24) is 15.4 Å². The van der Waals surface area contributed by atoms with Crippen molar-refractivity contribution in [2.24, 2.45) is 5.84 Å². The van der Waals surface area contributed by atoms with E-state index in [9.17, 15) is 0 Å². The monoisotopic (exact) mass is 308 g/mol. The predicted molar refractivity (Wildman–Crippen MR) is 71.9 cm³/mol. The molecule has 6 heteroatoms. The van der Waals surface area contributed by atoms with Crippen molar-refractivity contribution >= 4 is 15.9 Å². The Kier molecular flexibility index (Phi) is 4.24. The number of nitrogens with two attached hydrogens (primary N) is 1. The van der Waals surface area contributed by atoms with Gasteiger partial charge in [0.1, 0.15) is 5.75 Å². The third-order valence-electron chi connectivity index (χ3n) is 2.55. The van der Waals surface area contributed by atoms with E-state index in [4.69, 9.17) is 10.6 Å². The molecule has 0 aliphatic rings. The lowest BCUT2D eigenvalue weighted by Gasteiger charge is -2.18. The van der Waals surface area contributed by atoms with Gasteiger partial charge in [-0.25, -0.2) is 5.43 Å². The smallest absolute Gasteiger partial charge is 0.125 e. The highest BCUT2D eigenvalue weighted by molar-refractivity contribution is 9.10. The summed E-state index contributed by atoms with van der Waals surface area (Å²) in [7, 11) is 1.62. The van der Waals surface area contributed by atoms with Crippen molar-refractivity contribution in [2.75, 3.05) is 7.11 Å². The number of hydrogen-bond donors (Lipinski definition) is 2. The first-order valence-corrected chi connectivity index (χ1v) is 6.11. The zero-order chi connectivity index (χ0) is 13.0. The van der Waals surface area contributed by atoms with Crippen LogP contribution in [0.15, 0.2) is 41.3 Å². The van der Waals surface area contributed by atoms with Crippen molar-refractivity contribution in [1.29, 1.82) is 0 Å². The van der Waals surface area contributed by atoms with Gasteiger partial charge in [-0.05, 0) is 12.1 Å². The van der Waals surface area contributed by atoms with Gasteiger partial charge >= 0.3 is 0 Å². The Morgan fingerprint density at radius 2 is 2.22 bits per heavy atom. The highest BCUT2D eigenvalue weighted by Crippen LogP contribution is 2.30. The molecule has 18 heavy (non-hydrogen) atoms. The molecule has 1 unspecified atom stereocenters. The van der Waals surface area contributed by atoms with Gasteiger partial charge in [0.2, 0.25) is 0 Å². The minimum absolute atomic E-state index is 0.262. The van der Waals surface area contributed by atoms with Crippen LogP contribution in [0.2, 0.25) is 0 Å². The van der Waals surface area contributed by atoms with Crippen LogP contribution in [0.25, 0.3) is 0 Å². The maximum absolute atomic E-state index is 5.61. The summed E-state index contributed by atoms with van der Waals surface area (Å²) in [6.07, 6.45) is 4.92. The molecule has 1 aromatic carbocycles. The van der Waals surface area contributed by atoms with Crippen molar-refractivity contribution in [3.05, 3.63) is 52.5 Å². The van der Waals surface area contributed by atoms with E-state index in [1.165, 1.54) is 0 Å². The fourth-order valence-corrected chi connectivity index (χ4v) is 2.06. The first-order chi connectivity index (χ1) is 8.76. The zero-order valence-corrected chi connectivity index (χ0v) is 11.4. The molecule has 2 aromatic rings. The summed E-state index contributed by atoms with van der Waals surface area (Å²) in [5.74, 6) is 6.35. The highest BCUT2D eigenvalue weighted by Gasteiger charge is 2.18. The van der Waals surface area contributed by atoms with E-state index in [1.54, 1.807) is 25.7 Å². The number of methoxy groups -OCH3 is 1. The van der Waals surface area contributed by atoms with Gasteiger partial charge in [-0.1, -0.05) is 22.0 Å². The van der Waals surface area contributed by atoms with Crippen LogP contribution in [0.4, 0.5) is 0 Å². The third-order valence-corrected chi connectivity index (χ3v) is 3.05. The largest absolute Gasteiger partial charge is 0.496 e. The van der Waals surface area contributed by atoms with E-state index in [2.05, 4.69) is 31.3 Å². The van der Waals surface area contributed by atoms with Crippen LogP contribution < -0.4 is 16.0 Å². The maximum atomic E-state index is 5.61. The molecule has 1 heterocycles. The quantitative estimate of drug-likeness (QED) is 0.665. The third kappa shape index (κ3) is 2.66. The molecule has 0 amide bonds. The molecule has 0 bridgehead atoms. The number of rotatable bonds is 4. The summed E-state index contributed by atoms with van der Waals surface area (Å²) >= 11 is 3.40. The summed E-state index contributed by atoms with van der Waals surface area (Å²) in [5.41, 5.74) is 4.37. The van der Waals surface area contributed by atoms with E-state index >= 15 is 0 Å². The van der Waals surface area contributed by atoms with Crippen molar-refractivity contribution in [3.63, 3.8) is 0 Å². The normalized spacial score (nSPS) is 12.2. The summed E-state index contributed by atoms with van der Waals surface area (Å²) in [6, 6.07) is 5.48. The first kappa shape index (κ1) is 12.9. The SMILES string of the molecule is COc1cc(Br)ccc1C(NN)c1cnccn1. The number of benzene rings is 1. The molecule has 2 rings (SSSR count). The van der Waals surface area contributed by atoms with Crippen LogP contribution in [0.3, 0.4) is 0 Å². The molecule has 0 aliphatic carbocycles. The second-order valence-electron chi connectivity index (χ2n) is 3.62. The van der Waals surface area contributed by atoms with E-state index < -0.39 is 0 Å². The standard InChI is InChI=1S/C12H13BrN4O/c1-18-11-6-8(13)2-3-9(11)12(17-14)10-7-15-4-5-16-10/h2-7,12,17H,14H2,1H3. The van der Waals surface area contributed by atoms with Gasteiger partial charge in [0.25, 0.3) is 0 Å². The van der Waals surface area contributed by atoms with Gasteiger partial charge in [-0.15, -0.1) is 0 Å². The number of aromatic nitrogens is 2. The van der Waals surface area contributed by atoms with Crippen molar-refractivity contribution in [2.45, 2.75) is 6.04 Å². The van der Waals surface area contributed by atoms with Gasteiger partial charge in [0.05, 0.1) is 25.0 Å². The topological polar surface area (TPSA) is 73.1 Å². The summed E-state index contributed by atoms with van der Waals surface area (Å²) < 4.78 is 6.30. The molecule has 0 radical (unpaired) electrons. The second kappa shape index (κ2) is 5.90. The van der Waals surface area contributed by atoms with Crippen LogP contribution in [0, 0.1) is 0 Å². The summed E-state index contributed by atoms with van der Waals surface area (Å²) in [6.45, 7) is 0. The molecular weight excluding hydrogens is 296 g/mol. The summed E-state index contributed by atoms with van der Waals surface area (Å²) in [4.78, 5) is 8.30. The lowest BCUT2D eigenvalue weighted by atomic mass is 10.0. The van der Waals surface area contributed by atoms with E-state index in [0.29, 0.717) is 0 Å². The number of halogens is 1. The number of ether oxygens (including phenoxy) is 1. The number of hydrogen-bond acceptors (Lipinski definition) is 5. The molecule has 5 nitrogen and oxygen atoms in total. The Morgan fingerprint density at radius 3 is 2.83 bits per heavy atom. The molecule has 0 saturated heterocycles. The maximum Gasteiger partial charge on any atom is 0.125 e. The fourth-order valence-electron chi connectivity index (χ4n) is 1.72. The molecule has 1 aromatic heterocycles. The van der Waals surface area contributed by atoms with Gasteiger partial charge in [0.15, 0.2) is 0 Å². The van der Waals surface area contributed by atoms with E-state index in [0.717, 1.165) is 21.5 Å². The predicted octanol–water partition coefficient (Wildman–Crippen LogP) is 1.80. The Balaban J connectivity index is 2.45. The Morgan fingerprint density at radius 1 is 1.39 bits per heavy atom. The van der Waals surface area contributed by atoms with Crippen LogP contribution in [-0.4, -0.2) is 17.1 Å². The molecule has 3 N–H and O–H groups in total. The first-order valence-electron chi connectivity index (χ1n) is 5.31. The average molecular weight is 309 g/mol. The van der Waals surface area contributed by atoms with E-state index in [1.807, 2.05) is 18.2 Å². The molecule has 94 valence electrons. The Labute approximate surface area is 113 Å². The number of hydrazine groups is 1. The van der Waals surface area contributed by atoms with Crippen LogP contribution in [0.5, 0.6) is 5.75 Å². The van der Waals surface area contributed by atoms with Gasteiger partial charge in [-0.2, -0.15) is 0 Å². The lowest BCUT2D eigenvalue weighted by Crippen LogP contribution is -2.29. The average Bonchev–Trinajstić information content (AvgIpc) is 2.42. The molecule has 0 aliphatic heterocycles. The van der Waals surface area contributed by atoms with Gasteiger partial charge in [0, 0.05) is 22.4 Å². The number of nitrogens with one attached hydrogen (secondary N) is 1. The zero-order valence-electron chi connectivity index (χ0n) is 9.80. The molecule has 1 atom stereocenters. The van der Waals surface area contributed by atoms with Crippen LogP contribution in [-0.2, 0) is 0 Å². The minimum Gasteiger partial charge on any atom is -0.496 e. The fraction of sp³-hybridized carbons (Fsp3) is 0.167. The summed E-state index contributed by atoms with van der Waals surface area (Å²) in [5, 5.41) is 0. The van der Waals surface area contributed by atoms with Gasteiger partial charge < -0.3 is 4.74 Å².